The maximum Gasteiger partial charge on any atom is 0.167 e. The molecule has 1 unspecified atom stereocenters. The zero-order chi connectivity index (χ0) is 31.9. The molecule has 1 aliphatic carbocycles. The van der Waals surface area contributed by atoms with Gasteiger partial charge in [0.05, 0.1) is 38.0 Å². The summed E-state index contributed by atoms with van der Waals surface area (Å²) in [6.07, 6.45) is 9.00. The monoisotopic (exact) mass is 634 g/mol. The highest BCUT2D eigenvalue weighted by molar-refractivity contribution is 5.88. The summed E-state index contributed by atoms with van der Waals surface area (Å²) < 4.78 is 40.2. The number of aliphatic hydroxyl groups excluding tert-OH is 1. The lowest BCUT2D eigenvalue weighted by atomic mass is 9.95. The average Bonchev–Trinajstić information content (AvgIpc) is 3.44. The van der Waals surface area contributed by atoms with Crippen LogP contribution >= 0.6 is 0 Å². The van der Waals surface area contributed by atoms with Gasteiger partial charge in [-0.05, 0) is 43.5 Å². The standard InChI is InChI=1S/C34H43FN6O5/c1-40-22-26(34(42)38-23-7-4-3-5-8-23)33(39-40)37-24-9-10-30(27(35)19-24)46-29-11-12-36-28-21-32(31(43-2)20-25(28)29)45-16-6-13-41-14-17-44-18-15-41/h9-12,19-23,34,38,42H,3-8,13-18H2,1-2H3,(H,37,39). The molecule has 2 aliphatic rings. The normalized spacial score (nSPS) is 16.8. The van der Waals surface area contributed by atoms with Crippen LogP contribution in [0.5, 0.6) is 23.0 Å². The number of pyridine rings is 1. The van der Waals surface area contributed by atoms with E-state index in [9.17, 15) is 5.11 Å². The third-order valence-electron chi connectivity index (χ3n) is 8.53. The van der Waals surface area contributed by atoms with Crippen molar-refractivity contribution in [1.29, 1.82) is 0 Å². The number of halogens is 1. The number of benzene rings is 2. The molecule has 0 bridgehead atoms. The Morgan fingerprint density at radius 2 is 1.87 bits per heavy atom. The van der Waals surface area contributed by atoms with Crippen LogP contribution < -0.4 is 24.8 Å². The molecule has 246 valence electrons. The van der Waals surface area contributed by atoms with Gasteiger partial charge >= 0.3 is 0 Å². The molecule has 2 aromatic carbocycles. The molecule has 12 heteroatoms. The number of ether oxygens (including phenoxy) is 4. The van der Waals surface area contributed by atoms with E-state index in [1.54, 1.807) is 55.5 Å². The van der Waals surface area contributed by atoms with Crippen LogP contribution in [0.15, 0.2) is 48.8 Å². The molecule has 2 aromatic heterocycles. The molecule has 1 atom stereocenters. The number of methoxy groups -OCH3 is 1. The summed E-state index contributed by atoms with van der Waals surface area (Å²) in [7, 11) is 3.37. The molecule has 11 nitrogen and oxygen atoms in total. The maximum absolute atomic E-state index is 15.4. The lowest BCUT2D eigenvalue weighted by molar-refractivity contribution is 0.0357. The molecule has 3 N–H and O–H groups in total. The Bertz CT molecular complexity index is 1600. The van der Waals surface area contributed by atoms with Crippen LogP contribution in [0, 0.1) is 5.82 Å². The number of fused-ring (bicyclic) bond motifs is 1. The second kappa shape index (κ2) is 15.1. The summed E-state index contributed by atoms with van der Waals surface area (Å²) in [5.41, 5.74) is 1.72. The number of rotatable bonds is 13. The molecular weight excluding hydrogens is 591 g/mol. The third-order valence-corrected chi connectivity index (χ3v) is 8.53. The smallest absolute Gasteiger partial charge is 0.167 e. The topological polar surface area (TPSA) is 115 Å². The van der Waals surface area contributed by atoms with E-state index in [0.29, 0.717) is 51.8 Å². The highest BCUT2D eigenvalue weighted by Crippen LogP contribution is 2.38. The number of anilines is 2. The van der Waals surface area contributed by atoms with Gasteiger partial charge in [-0.25, -0.2) is 4.39 Å². The van der Waals surface area contributed by atoms with Crippen molar-refractivity contribution in [2.24, 2.45) is 7.05 Å². The summed E-state index contributed by atoms with van der Waals surface area (Å²) in [4.78, 5) is 6.86. The van der Waals surface area contributed by atoms with Crippen LogP contribution in [0.3, 0.4) is 0 Å². The molecule has 6 rings (SSSR count). The molecule has 1 saturated heterocycles. The minimum atomic E-state index is -0.885. The molecule has 0 amide bonds. The molecule has 0 radical (unpaired) electrons. The third kappa shape index (κ3) is 7.87. The summed E-state index contributed by atoms with van der Waals surface area (Å²) in [5.74, 6) is 1.53. The van der Waals surface area contributed by atoms with E-state index in [-0.39, 0.29) is 11.8 Å². The number of hydrogen-bond acceptors (Lipinski definition) is 10. The Balaban J connectivity index is 1.12. The Hall–Kier alpha value is -3.97. The van der Waals surface area contributed by atoms with Crippen LogP contribution in [0.4, 0.5) is 15.9 Å². The van der Waals surface area contributed by atoms with Crippen LogP contribution in [0.25, 0.3) is 10.9 Å². The van der Waals surface area contributed by atoms with Gasteiger partial charge in [0, 0.05) is 68.3 Å². The SMILES string of the molecule is COc1cc2c(Oc3ccc(Nc4nn(C)cc4C(O)NC4CCCCC4)cc3F)ccnc2cc1OCCCN1CCOCC1. The average molecular weight is 635 g/mol. The van der Waals surface area contributed by atoms with E-state index in [0.717, 1.165) is 65.0 Å². The zero-order valence-corrected chi connectivity index (χ0v) is 26.5. The Kier molecular flexibility index (Phi) is 10.5. The number of morpholine rings is 1. The van der Waals surface area contributed by atoms with Gasteiger partial charge in [-0.1, -0.05) is 19.3 Å². The predicted octanol–water partition coefficient (Wildman–Crippen LogP) is 5.67. The second-order valence-corrected chi connectivity index (χ2v) is 11.9. The van der Waals surface area contributed by atoms with Crippen LogP contribution in [-0.2, 0) is 11.8 Å². The van der Waals surface area contributed by atoms with E-state index in [1.165, 1.54) is 12.5 Å². The Labute approximate surface area is 268 Å². The van der Waals surface area contributed by atoms with Crippen molar-refractivity contribution in [3.05, 3.63) is 60.2 Å². The number of aromatic nitrogens is 3. The minimum Gasteiger partial charge on any atom is -0.493 e. The number of nitrogens with zero attached hydrogens (tertiary/aromatic N) is 4. The van der Waals surface area contributed by atoms with Gasteiger partial charge in [0.25, 0.3) is 0 Å². The Morgan fingerprint density at radius 1 is 1.04 bits per heavy atom. The van der Waals surface area contributed by atoms with Gasteiger partial charge in [0.15, 0.2) is 28.9 Å². The predicted molar refractivity (Wildman–Crippen MR) is 174 cm³/mol. The Morgan fingerprint density at radius 3 is 2.65 bits per heavy atom. The van der Waals surface area contributed by atoms with Gasteiger partial charge in [-0.3, -0.25) is 19.9 Å². The number of aryl methyl sites for hydroxylation is 1. The van der Waals surface area contributed by atoms with Gasteiger partial charge in [0.1, 0.15) is 12.0 Å². The fourth-order valence-electron chi connectivity index (χ4n) is 6.09. The number of nitrogens with one attached hydrogen (secondary N) is 2. The number of aliphatic hydroxyl groups is 1. The van der Waals surface area contributed by atoms with E-state index < -0.39 is 12.0 Å². The summed E-state index contributed by atoms with van der Waals surface area (Å²) >= 11 is 0. The molecular formula is C34H43FN6O5. The minimum absolute atomic E-state index is 0.0562. The first-order valence-electron chi connectivity index (χ1n) is 16.1. The van der Waals surface area contributed by atoms with Gasteiger partial charge in [-0.2, -0.15) is 5.10 Å². The number of hydrogen-bond donors (Lipinski definition) is 3. The van der Waals surface area contributed by atoms with Gasteiger partial charge in [-0.15, -0.1) is 0 Å². The van der Waals surface area contributed by atoms with Crippen molar-refractivity contribution in [3.63, 3.8) is 0 Å². The molecule has 1 aliphatic heterocycles. The molecule has 1 saturated carbocycles. The second-order valence-electron chi connectivity index (χ2n) is 11.9. The fraction of sp³-hybridized carbons (Fsp3) is 0.471. The van der Waals surface area contributed by atoms with E-state index in [1.807, 2.05) is 6.07 Å². The van der Waals surface area contributed by atoms with Crippen LogP contribution in [-0.4, -0.2) is 77.4 Å². The van der Waals surface area contributed by atoms with Crippen LogP contribution in [0.2, 0.25) is 0 Å². The first kappa shape index (κ1) is 32.0. The first-order chi connectivity index (χ1) is 22.5. The maximum atomic E-state index is 15.4. The van der Waals surface area contributed by atoms with Crippen molar-refractivity contribution in [2.75, 3.05) is 51.9 Å². The summed E-state index contributed by atoms with van der Waals surface area (Å²) in [5, 5.41) is 22.5. The summed E-state index contributed by atoms with van der Waals surface area (Å²) in [6.45, 7) is 4.92. The lowest BCUT2D eigenvalue weighted by Gasteiger charge is -2.26. The molecule has 0 spiro atoms. The van der Waals surface area contributed by atoms with E-state index in [4.69, 9.17) is 18.9 Å². The van der Waals surface area contributed by atoms with Crippen molar-refractivity contribution < 1.29 is 28.4 Å². The largest absolute Gasteiger partial charge is 0.493 e. The highest BCUT2D eigenvalue weighted by Gasteiger charge is 2.22. The van der Waals surface area contributed by atoms with E-state index >= 15 is 4.39 Å². The van der Waals surface area contributed by atoms with Crippen LogP contribution in [0.1, 0.15) is 50.3 Å². The molecule has 3 heterocycles. The quantitative estimate of drug-likeness (QED) is 0.126. The van der Waals surface area contributed by atoms with Crippen molar-refractivity contribution in [3.8, 4) is 23.0 Å². The van der Waals surface area contributed by atoms with Crippen molar-refractivity contribution in [2.45, 2.75) is 50.8 Å². The van der Waals surface area contributed by atoms with Crippen molar-refractivity contribution >= 4 is 22.4 Å². The highest BCUT2D eigenvalue weighted by atomic mass is 19.1. The lowest BCUT2D eigenvalue weighted by Crippen LogP contribution is -2.37. The van der Waals surface area contributed by atoms with Gasteiger partial charge in [0.2, 0.25) is 0 Å². The van der Waals surface area contributed by atoms with Crippen molar-refractivity contribution in [1.82, 2.24) is 25.0 Å². The van der Waals surface area contributed by atoms with E-state index in [2.05, 4.69) is 25.6 Å². The van der Waals surface area contributed by atoms with Gasteiger partial charge < -0.3 is 29.4 Å². The molecule has 46 heavy (non-hydrogen) atoms. The zero-order valence-electron chi connectivity index (χ0n) is 26.5. The summed E-state index contributed by atoms with van der Waals surface area (Å²) in [6, 6.07) is 10.2. The molecule has 2 fully saturated rings. The molecule has 4 aromatic rings. The fourth-order valence-corrected chi connectivity index (χ4v) is 6.09. The first-order valence-corrected chi connectivity index (χ1v) is 16.1.